The first kappa shape index (κ1) is 28.1. The van der Waals surface area contributed by atoms with Gasteiger partial charge in [0.15, 0.2) is 0 Å². The number of amides is 3. The quantitative estimate of drug-likeness (QED) is 0.312. The van der Waals surface area contributed by atoms with Crippen LogP contribution in [0.4, 0.5) is 8.78 Å². The molecule has 3 fully saturated rings. The third-order valence-corrected chi connectivity index (χ3v) is 8.66. The normalized spacial score (nSPS) is 27.3. The van der Waals surface area contributed by atoms with Gasteiger partial charge in [-0.25, -0.2) is 8.78 Å². The number of aliphatic hydroxyl groups excluding tert-OH is 1. The van der Waals surface area contributed by atoms with Gasteiger partial charge >= 0.3 is 0 Å². The van der Waals surface area contributed by atoms with Crippen LogP contribution in [0, 0.1) is 34.8 Å². The van der Waals surface area contributed by atoms with Crippen molar-refractivity contribution >= 4 is 23.5 Å². The van der Waals surface area contributed by atoms with Crippen LogP contribution in [-0.2, 0) is 25.6 Å². The molecule has 2 aliphatic heterocycles. The number of likely N-dealkylation sites (tertiary alicyclic amines) is 1. The monoisotopic (exact) mass is 534 g/mol. The van der Waals surface area contributed by atoms with E-state index in [1.807, 2.05) is 13.8 Å². The molecule has 38 heavy (non-hydrogen) atoms. The van der Waals surface area contributed by atoms with Crippen LogP contribution >= 0.6 is 0 Å². The number of piperidine rings is 1. The van der Waals surface area contributed by atoms with Crippen LogP contribution in [0.2, 0.25) is 0 Å². The number of carbonyl (C=O) groups excluding carboxylic acids is 4. The number of hydrogen-bond acceptors (Lipinski definition) is 6. The summed E-state index contributed by atoms with van der Waals surface area (Å²) in [6.07, 6.45) is -0.0960. The van der Waals surface area contributed by atoms with Crippen molar-refractivity contribution in [3.63, 3.8) is 0 Å². The summed E-state index contributed by atoms with van der Waals surface area (Å²) >= 11 is 0. The Bertz CT molecular complexity index is 1090. The standard InChI is InChI=1S/C27H36F2N4O5/c1-27(2)16-13-33(20(34)10-8-15-17(28)5-4-6-18(15)29)22(21(16)27)25(37)32-19(23(35)26(38)30-3)9-7-14-11-12-31-24(14)36/h4-6,14,16,19-22,34H,7-13H2,1-3H3,(H,30,38)(H,31,36)(H,32,37)/t14-,16+,19+,20?,21+,22+/m1/s1. The maximum Gasteiger partial charge on any atom is 0.289 e. The van der Waals surface area contributed by atoms with Crippen LogP contribution in [-0.4, -0.2) is 72.0 Å². The molecule has 2 saturated heterocycles. The number of Topliss-reactive ketones (excluding diaryl/α,β-unsaturated/α-hetero) is 1. The molecule has 0 radical (unpaired) electrons. The minimum atomic E-state index is -1.14. The fourth-order valence-electron chi connectivity index (χ4n) is 6.24. The molecule has 4 rings (SSSR count). The Morgan fingerprint density at radius 3 is 2.50 bits per heavy atom. The van der Waals surface area contributed by atoms with Crippen molar-refractivity contribution < 1.29 is 33.1 Å². The van der Waals surface area contributed by atoms with Crippen molar-refractivity contribution in [3.05, 3.63) is 35.4 Å². The molecule has 0 spiro atoms. The Morgan fingerprint density at radius 1 is 1.21 bits per heavy atom. The smallest absolute Gasteiger partial charge is 0.289 e. The zero-order chi connectivity index (χ0) is 27.8. The van der Waals surface area contributed by atoms with Gasteiger partial charge in [0, 0.05) is 31.6 Å². The molecule has 3 amide bonds. The maximum absolute atomic E-state index is 14.1. The van der Waals surface area contributed by atoms with E-state index in [2.05, 4.69) is 16.0 Å². The molecule has 3 aliphatic rings. The van der Waals surface area contributed by atoms with Crippen molar-refractivity contribution in [2.75, 3.05) is 20.1 Å². The highest BCUT2D eigenvalue weighted by Crippen LogP contribution is 2.65. The highest BCUT2D eigenvalue weighted by molar-refractivity contribution is 6.38. The predicted octanol–water partition coefficient (Wildman–Crippen LogP) is 0.888. The summed E-state index contributed by atoms with van der Waals surface area (Å²) in [5, 5.41) is 18.8. The number of rotatable bonds is 11. The molecule has 1 aromatic rings. The van der Waals surface area contributed by atoms with Gasteiger partial charge in [-0.3, -0.25) is 24.1 Å². The van der Waals surface area contributed by atoms with Crippen LogP contribution in [0.15, 0.2) is 18.2 Å². The van der Waals surface area contributed by atoms with E-state index in [0.717, 1.165) is 12.1 Å². The van der Waals surface area contributed by atoms with E-state index in [9.17, 15) is 33.1 Å². The van der Waals surface area contributed by atoms with Crippen LogP contribution in [0.3, 0.4) is 0 Å². The van der Waals surface area contributed by atoms with Crippen molar-refractivity contribution in [3.8, 4) is 0 Å². The number of ketones is 1. The van der Waals surface area contributed by atoms with Crippen molar-refractivity contribution in [1.29, 1.82) is 0 Å². The van der Waals surface area contributed by atoms with Gasteiger partial charge in [-0.05, 0) is 61.5 Å². The minimum absolute atomic E-state index is 0.0128. The third kappa shape index (κ3) is 5.44. The summed E-state index contributed by atoms with van der Waals surface area (Å²) in [4.78, 5) is 52.2. The lowest BCUT2D eigenvalue weighted by Gasteiger charge is -2.34. The molecule has 1 saturated carbocycles. The topological polar surface area (TPSA) is 128 Å². The number of likely N-dealkylation sites (N-methyl/N-ethyl adjacent to an activating group) is 1. The molecule has 4 N–H and O–H groups in total. The Balaban J connectivity index is 1.47. The highest BCUT2D eigenvalue weighted by Gasteiger charge is 2.69. The fourth-order valence-corrected chi connectivity index (χ4v) is 6.24. The summed E-state index contributed by atoms with van der Waals surface area (Å²) < 4.78 is 28.2. The van der Waals surface area contributed by atoms with Crippen LogP contribution in [0.5, 0.6) is 0 Å². The number of carbonyl (C=O) groups is 4. The zero-order valence-electron chi connectivity index (χ0n) is 21.9. The van der Waals surface area contributed by atoms with Crippen molar-refractivity contribution in [1.82, 2.24) is 20.9 Å². The molecule has 11 heteroatoms. The van der Waals surface area contributed by atoms with Crippen LogP contribution in [0.25, 0.3) is 0 Å². The number of aliphatic hydroxyl groups is 1. The molecule has 9 nitrogen and oxygen atoms in total. The molecular formula is C27H36F2N4O5. The summed E-state index contributed by atoms with van der Waals surface area (Å²) in [7, 11) is 1.33. The first-order valence-corrected chi connectivity index (χ1v) is 13.2. The lowest BCUT2D eigenvalue weighted by molar-refractivity contribution is -0.141. The molecule has 1 unspecified atom stereocenters. The zero-order valence-corrected chi connectivity index (χ0v) is 21.9. The van der Waals surface area contributed by atoms with E-state index >= 15 is 0 Å². The number of benzene rings is 1. The highest BCUT2D eigenvalue weighted by atomic mass is 19.1. The Kier molecular flexibility index (Phi) is 8.17. The first-order chi connectivity index (χ1) is 18.0. The minimum Gasteiger partial charge on any atom is -0.378 e. The summed E-state index contributed by atoms with van der Waals surface area (Å²) in [6.45, 7) is 5.04. The molecule has 0 bridgehead atoms. The van der Waals surface area contributed by atoms with Crippen molar-refractivity contribution in [2.24, 2.45) is 23.2 Å². The van der Waals surface area contributed by atoms with E-state index < -0.39 is 47.5 Å². The molecule has 1 aliphatic carbocycles. The average Bonchev–Trinajstić information content (AvgIpc) is 3.23. The van der Waals surface area contributed by atoms with Gasteiger partial charge in [0.2, 0.25) is 17.6 Å². The van der Waals surface area contributed by atoms with Crippen LogP contribution < -0.4 is 16.0 Å². The molecule has 2 heterocycles. The molecule has 1 aromatic carbocycles. The SMILES string of the molecule is CNC(=O)C(=O)[C@H](CC[C@@H]1CCNC1=O)NC(=O)[C@@H]1[C@@H]2[C@H](CN1C(O)CCc1c(F)cccc1F)C2(C)C. The van der Waals surface area contributed by atoms with Crippen LogP contribution in [0.1, 0.15) is 45.1 Å². The van der Waals surface area contributed by atoms with Gasteiger partial charge in [0.05, 0.1) is 12.1 Å². The van der Waals surface area contributed by atoms with Gasteiger partial charge in [-0.2, -0.15) is 0 Å². The lowest BCUT2D eigenvalue weighted by Crippen LogP contribution is -2.56. The van der Waals surface area contributed by atoms with Gasteiger partial charge in [-0.15, -0.1) is 0 Å². The second-order valence-corrected chi connectivity index (χ2v) is 11.2. The Hall–Kier alpha value is -2.92. The van der Waals surface area contributed by atoms with E-state index in [1.54, 1.807) is 4.90 Å². The molecule has 0 aromatic heterocycles. The maximum atomic E-state index is 14.1. The van der Waals surface area contributed by atoms with E-state index in [4.69, 9.17) is 0 Å². The largest absolute Gasteiger partial charge is 0.378 e. The second-order valence-electron chi connectivity index (χ2n) is 11.2. The average molecular weight is 535 g/mol. The third-order valence-electron chi connectivity index (χ3n) is 8.66. The fraction of sp³-hybridized carbons (Fsp3) is 0.630. The summed E-state index contributed by atoms with van der Waals surface area (Å²) in [6, 6.07) is 1.70. The van der Waals surface area contributed by atoms with Gasteiger partial charge in [0.1, 0.15) is 17.9 Å². The molecule has 6 atom stereocenters. The Morgan fingerprint density at radius 2 is 1.89 bits per heavy atom. The predicted molar refractivity (Wildman–Crippen MR) is 133 cm³/mol. The van der Waals surface area contributed by atoms with E-state index in [1.165, 1.54) is 13.1 Å². The number of fused-ring (bicyclic) bond motifs is 1. The van der Waals surface area contributed by atoms with Crippen molar-refractivity contribution in [2.45, 2.75) is 64.3 Å². The lowest BCUT2D eigenvalue weighted by atomic mass is 9.95. The summed E-state index contributed by atoms with van der Waals surface area (Å²) in [5.41, 5.74) is -0.276. The van der Waals surface area contributed by atoms with Gasteiger partial charge in [0.25, 0.3) is 5.91 Å². The Labute approximate surface area is 220 Å². The second kappa shape index (κ2) is 11.1. The number of nitrogens with one attached hydrogen (secondary N) is 3. The first-order valence-electron chi connectivity index (χ1n) is 13.2. The molecular weight excluding hydrogens is 498 g/mol. The van der Waals surface area contributed by atoms with E-state index in [-0.39, 0.29) is 53.9 Å². The summed E-state index contributed by atoms with van der Waals surface area (Å²) in [5.74, 6) is -3.86. The van der Waals surface area contributed by atoms with Gasteiger partial charge in [-0.1, -0.05) is 19.9 Å². The van der Waals surface area contributed by atoms with E-state index in [0.29, 0.717) is 25.9 Å². The number of nitrogens with zero attached hydrogens (tertiary/aromatic N) is 1. The molecule has 208 valence electrons. The number of halogens is 2. The van der Waals surface area contributed by atoms with Gasteiger partial charge < -0.3 is 21.1 Å². The number of hydrogen-bond donors (Lipinski definition) is 4.